The van der Waals surface area contributed by atoms with E-state index in [-0.39, 0.29) is 24.0 Å². The van der Waals surface area contributed by atoms with E-state index in [2.05, 4.69) is 59.0 Å². The van der Waals surface area contributed by atoms with Gasteiger partial charge in [-0.3, -0.25) is 9.89 Å². The third kappa shape index (κ3) is 6.58. The molecule has 1 aromatic rings. The number of thiophene rings is 1. The quantitative estimate of drug-likeness (QED) is 0.354. The number of hydrogen-bond acceptors (Lipinski definition) is 4. The SMILES string of the molecule is CCNC(=NCC1CCN(C)C1)NCC1CCCN(C)C1c1cccs1.I. The standard InChI is InChI=1S/C20H35N5S.HI/c1-4-21-20(22-13-16-9-11-24(2)15-16)23-14-17-7-5-10-25(3)19(17)18-8-6-12-26-18;/h6,8,12,16-17,19H,4-5,7,9-11,13-15H2,1-3H3,(H2,21,22,23);1H. The first kappa shape index (κ1) is 22.9. The Morgan fingerprint density at radius 3 is 2.78 bits per heavy atom. The molecule has 0 radical (unpaired) electrons. The molecule has 0 saturated carbocycles. The van der Waals surface area contributed by atoms with Crippen molar-refractivity contribution in [1.29, 1.82) is 0 Å². The Balaban J connectivity index is 0.00000261. The van der Waals surface area contributed by atoms with Crippen molar-refractivity contribution in [2.45, 2.75) is 32.2 Å². The van der Waals surface area contributed by atoms with Crippen molar-refractivity contribution in [2.24, 2.45) is 16.8 Å². The van der Waals surface area contributed by atoms with Crippen LogP contribution in [0.25, 0.3) is 0 Å². The van der Waals surface area contributed by atoms with Gasteiger partial charge in [-0.1, -0.05) is 6.07 Å². The van der Waals surface area contributed by atoms with E-state index in [0.717, 1.165) is 25.6 Å². The number of nitrogens with zero attached hydrogens (tertiary/aromatic N) is 3. The molecule has 0 amide bonds. The number of piperidine rings is 1. The maximum Gasteiger partial charge on any atom is 0.191 e. The number of guanidine groups is 1. The van der Waals surface area contributed by atoms with Crippen LogP contribution in [0, 0.1) is 11.8 Å². The van der Waals surface area contributed by atoms with Gasteiger partial charge in [-0.25, -0.2) is 0 Å². The molecule has 1 aromatic heterocycles. The van der Waals surface area contributed by atoms with E-state index in [1.165, 1.54) is 43.8 Å². The molecular weight excluding hydrogens is 469 g/mol. The molecule has 5 nitrogen and oxygen atoms in total. The van der Waals surface area contributed by atoms with E-state index in [1.54, 1.807) is 0 Å². The highest BCUT2D eigenvalue weighted by molar-refractivity contribution is 14.0. The third-order valence-electron chi connectivity index (χ3n) is 5.71. The number of hydrogen-bond donors (Lipinski definition) is 2. The van der Waals surface area contributed by atoms with Crippen LogP contribution in [0.5, 0.6) is 0 Å². The second kappa shape index (κ2) is 11.6. The molecule has 7 heteroatoms. The summed E-state index contributed by atoms with van der Waals surface area (Å²) in [5, 5.41) is 9.27. The molecule has 2 aliphatic heterocycles. The fourth-order valence-electron chi connectivity index (χ4n) is 4.35. The summed E-state index contributed by atoms with van der Waals surface area (Å²) in [6.45, 7) is 8.56. The Labute approximate surface area is 186 Å². The molecule has 154 valence electrons. The molecule has 0 spiro atoms. The van der Waals surface area contributed by atoms with Gasteiger partial charge in [-0.05, 0) is 76.7 Å². The van der Waals surface area contributed by atoms with E-state index in [4.69, 9.17) is 4.99 Å². The summed E-state index contributed by atoms with van der Waals surface area (Å²) in [5.74, 6) is 2.32. The summed E-state index contributed by atoms with van der Waals surface area (Å²) < 4.78 is 0. The molecule has 27 heavy (non-hydrogen) atoms. The first-order chi connectivity index (χ1) is 12.7. The van der Waals surface area contributed by atoms with Gasteiger partial charge < -0.3 is 15.5 Å². The predicted molar refractivity (Wildman–Crippen MR) is 127 cm³/mol. The average molecular weight is 506 g/mol. The zero-order chi connectivity index (χ0) is 18.4. The lowest BCUT2D eigenvalue weighted by Crippen LogP contribution is -2.45. The van der Waals surface area contributed by atoms with Crippen LogP contribution >= 0.6 is 35.3 Å². The fraction of sp³-hybridized carbons (Fsp3) is 0.750. The van der Waals surface area contributed by atoms with Crippen LogP contribution in [-0.2, 0) is 0 Å². The Bertz CT molecular complexity index is 565. The van der Waals surface area contributed by atoms with Gasteiger partial charge in [0.25, 0.3) is 0 Å². The zero-order valence-electron chi connectivity index (χ0n) is 17.0. The first-order valence-electron chi connectivity index (χ1n) is 10.1. The monoisotopic (exact) mass is 505 g/mol. The lowest BCUT2D eigenvalue weighted by Gasteiger charge is -2.39. The van der Waals surface area contributed by atoms with E-state index < -0.39 is 0 Å². The molecule has 3 unspecified atom stereocenters. The van der Waals surface area contributed by atoms with Crippen LogP contribution in [0.1, 0.15) is 37.1 Å². The van der Waals surface area contributed by atoms with Crippen molar-refractivity contribution in [3.05, 3.63) is 22.4 Å². The fourth-order valence-corrected chi connectivity index (χ4v) is 5.33. The van der Waals surface area contributed by atoms with Crippen molar-refractivity contribution in [3.63, 3.8) is 0 Å². The minimum atomic E-state index is 0. The van der Waals surface area contributed by atoms with Crippen molar-refractivity contribution in [1.82, 2.24) is 20.4 Å². The van der Waals surface area contributed by atoms with E-state index >= 15 is 0 Å². The Hall–Kier alpha value is -0.380. The summed E-state index contributed by atoms with van der Waals surface area (Å²) >= 11 is 1.89. The van der Waals surface area contributed by atoms with Gasteiger partial charge in [0.05, 0.1) is 0 Å². The van der Waals surface area contributed by atoms with Crippen molar-refractivity contribution in [3.8, 4) is 0 Å². The molecule has 0 bridgehead atoms. The van der Waals surface area contributed by atoms with Gasteiger partial charge in [0.1, 0.15) is 0 Å². The highest BCUT2D eigenvalue weighted by atomic mass is 127. The molecule has 0 aliphatic carbocycles. The minimum absolute atomic E-state index is 0. The molecule has 3 rings (SSSR count). The smallest absolute Gasteiger partial charge is 0.191 e. The number of rotatable bonds is 6. The van der Waals surface area contributed by atoms with E-state index in [9.17, 15) is 0 Å². The maximum atomic E-state index is 4.88. The van der Waals surface area contributed by atoms with Crippen molar-refractivity contribution < 1.29 is 0 Å². The second-order valence-electron chi connectivity index (χ2n) is 7.86. The van der Waals surface area contributed by atoms with Crippen LogP contribution in [0.4, 0.5) is 0 Å². The molecule has 2 saturated heterocycles. The molecule has 0 aromatic carbocycles. The summed E-state index contributed by atoms with van der Waals surface area (Å²) in [6.07, 6.45) is 3.84. The number of nitrogens with one attached hydrogen (secondary N) is 2. The highest BCUT2D eigenvalue weighted by Crippen LogP contribution is 2.36. The zero-order valence-corrected chi connectivity index (χ0v) is 20.1. The van der Waals surface area contributed by atoms with Gasteiger partial charge in [-0.2, -0.15) is 0 Å². The van der Waals surface area contributed by atoms with Crippen molar-refractivity contribution in [2.75, 3.05) is 53.4 Å². The van der Waals surface area contributed by atoms with Crippen LogP contribution in [0.2, 0.25) is 0 Å². The third-order valence-corrected chi connectivity index (χ3v) is 6.66. The Kier molecular flexibility index (Phi) is 9.82. The van der Waals surface area contributed by atoms with Gasteiger partial charge >= 0.3 is 0 Å². The van der Waals surface area contributed by atoms with Crippen LogP contribution in [0.3, 0.4) is 0 Å². The highest BCUT2D eigenvalue weighted by Gasteiger charge is 2.31. The number of likely N-dealkylation sites (tertiary alicyclic amines) is 2. The summed E-state index contributed by atoms with van der Waals surface area (Å²) in [5.41, 5.74) is 0. The number of halogens is 1. The van der Waals surface area contributed by atoms with Gasteiger partial charge in [-0.15, -0.1) is 35.3 Å². The van der Waals surface area contributed by atoms with Crippen LogP contribution in [0.15, 0.2) is 22.5 Å². The minimum Gasteiger partial charge on any atom is -0.357 e. The summed E-state index contributed by atoms with van der Waals surface area (Å²) in [4.78, 5) is 11.3. The van der Waals surface area contributed by atoms with Crippen molar-refractivity contribution >= 4 is 41.3 Å². The van der Waals surface area contributed by atoms with Crippen LogP contribution in [-0.4, -0.2) is 69.1 Å². The Morgan fingerprint density at radius 1 is 1.26 bits per heavy atom. The van der Waals surface area contributed by atoms with E-state index in [1.807, 2.05) is 11.3 Å². The van der Waals surface area contributed by atoms with Gasteiger partial charge in [0.15, 0.2) is 5.96 Å². The summed E-state index contributed by atoms with van der Waals surface area (Å²) in [7, 11) is 4.48. The predicted octanol–water partition coefficient (Wildman–Crippen LogP) is 3.26. The lowest BCUT2D eigenvalue weighted by atomic mass is 9.88. The first-order valence-corrected chi connectivity index (χ1v) is 11.0. The second-order valence-corrected chi connectivity index (χ2v) is 8.84. The largest absolute Gasteiger partial charge is 0.357 e. The molecule has 3 heterocycles. The van der Waals surface area contributed by atoms with Crippen LogP contribution < -0.4 is 10.6 Å². The van der Waals surface area contributed by atoms with Gasteiger partial charge in [0, 0.05) is 37.1 Å². The molecule has 2 N–H and O–H groups in total. The number of aliphatic imine (C=N–C) groups is 1. The maximum absolute atomic E-state index is 4.88. The van der Waals surface area contributed by atoms with E-state index in [0.29, 0.717) is 17.9 Å². The molecule has 3 atom stereocenters. The Morgan fingerprint density at radius 2 is 2.11 bits per heavy atom. The summed E-state index contributed by atoms with van der Waals surface area (Å²) in [6, 6.07) is 5.00. The molecular formula is C20H36IN5S. The average Bonchev–Trinajstić information content (AvgIpc) is 3.29. The normalized spacial score (nSPS) is 27.4. The molecule has 2 fully saturated rings. The topological polar surface area (TPSA) is 42.9 Å². The van der Waals surface area contributed by atoms with Gasteiger partial charge in [0.2, 0.25) is 0 Å². The molecule has 2 aliphatic rings. The lowest BCUT2D eigenvalue weighted by molar-refractivity contribution is 0.125.